The highest BCUT2D eigenvalue weighted by Crippen LogP contribution is 2.02. The lowest BCUT2D eigenvalue weighted by atomic mass is 10.2. The van der Waals surface area contributed by atoms with Crippen LogP contribution in [-0.4, -0.2) is 56.2 Å². The second-order valence-corrected chi connectivity index (χ2v) is 5.00. The molecule has 1 aliphatic rings. The minimum Gasteiger partial charge on any atom is -0.374 e. The van der Waals surface area contributed by atoms with Crippen LogP contribution in [0.3, 0.4) is 0 Å². The summed E-state index contributed by atoms with van der Waals surface area (Å²) in [6, 6.07) is 0. The predicted octanol–water partition coefficient (Wildman–Crippen LogP) is 1.47. The van der Waals surface area contributed by atoms with Crippen LogP contribution < -0.4 is 5.32 Å². The number of hydrogen-bond acceptors (Lipinski definition) is 3. The summed E-state index contributed by atoms with van der Waals surface area (Å²) in [7, 11) is 2.16. The molecule has 0 aromatic heterocycles. The van der Waals surface area contributed by atoms with Gasteiger partial charge in [-0.25, -0.2) is 0 Å². The molecule has 3 nitrogen and oxygen atoms in total. The summed E-state index contributed by atoms with van der Waals surface area (Å²) in [6.45, 7) is 5.14. The van der Waals surface area contributed by atoms with E-state index in [0.717, 1.165) is 38.1 Å². The van der Waals surface area contributed by atoms with E-state index in [9.17, 15) is 0 Å². The lowest BCUT2D eigenvalue weighted by Crippen LogP contribution is -2.44. The molecule has 1 saturated heterocycles. The number of likely N-dealkylation sites (N-methyl/N-ethyl adjacent to an activating group) is 1. The average molecular weight is 279 g/mol. The predicted molar refractivity (Wildman–Crippen MR) is 67.8 cm³/mol. The Morgan fingerprint density at radius 3 is 3.00 bits per heavy atom. The highest BCUT2D eigenvalue weighted by molar-refractivity contribution is 9.09. The first-order chi connectivity index (χ1) is 7.33. The Labute approximate surface area is 102 Å². The van der Waals surface area contributed by atoms with Crippen molar-refractivity contribution in [2.75, 3.05) is 45.2 Å². The zero-order chi connectivity index (χ0) is 10.9. The lowest BCUT2D eigenvalue weighted by Gasteiger charge is -2.30. The van der Waals surface area contributed by atoms with Crippen molar-refractivity contribution in [2.24, 2.45) is 0 Å². The van der Waals surface area contributed by atoms with Crippen LogP contribution in [-0.2, 0) is 4.74 Å². The van der Waals surface area contributed by atoms with Crippen LogP contribution >= 0.6 is 15.9 Å². The molecule has 0 amide bonds. The van der Waals surface area contributed by atoms with Gasteiger partial charge in [0.1, 0.15) is 0 Å². The lowest BCUT2D eigenvalue weighted by molar-refractivity contribution is -0.0180. The van der Waals surface area contributed by atoms with Crippen molar-refractivity contribution in [3.05, 3.63) is 0 Å². The topological polar surface area (TPSA) is 24.5 Å². The van der Waals surface area contributed by atoms with E-state index in [4.69, 9.17) is 4.74 Å². The van der Waals surface area contributed by atoms with Gasteiger partial charge < -0.3 is 15.0 Å². The Morgan fingerprint density at radius 2 is 2.27 bits per heavy atom. The highest BCUT2D eigenvalue weighted by Gasteiger charge is 2.16. The molecule has 1 atom stereocenters. The Hall–Kier alpha value is 0.360. The van der Waals surface area contributed by atoms with Gasteiger partial charge in [-0.1, -0.05) is 22.4 Å². The van der Waals surface area contributed by atoms with E-state index in [-0.39, 0.29) is 0 Å². The minimum atomic E-state index is 0.389. The summed E-state index contributed by atoms with van der Waals surface area (Å²) in [5.74, 6) is 0. The van der Waals surface area contributed by atoms with Gasteiger partial charge in [-0.2, -0.15) is 0 Å². The fourth-order valence-electron chi connectivity index (χ4n) is 1.77. The molecule has 0 aromatic rings. The standard InChI is InChI=1S/C11H23BrN2O/c1-14-7-8-15-11(10-14)9-13-6-4-2-3-5-12/h11,13H,2-10H2,1H3. The maximum atomic E-state index is 5.66. The van der Waals surface area contributed by atoms with Gasteiger partial charge in [0.25, 0.3) is 0 Å². The quantitative estimate of drug-likeness (QED) is 0.564. The minimum absolute atomic E-state index is 0.389. The number of nitrogens with one attached hydrogen (secondary N) is 1. The first-order valence-corrected chi connectivity index (χ1v) is 7.02. The monoisotopic (exact) mass is 278 g/mol. The molecule has 1 rings (SSSR count). The molecule has 1 unspecified atom stereocenters. The number of rotatable bonds is 7. The summed E-state index contributed by atoms with van der Waals surface area (Å²) in [4.78, 5) is 2.33. The van der Waals surface area contributed by atoms with Crippen LogP contribution in [0.2, 0.25) is 0 Å². The van der Waals surface area contributed by atoms with Gasteiger partial charge in [-0.3, -0.25) is 0 Å². The van der Waals surface area contributed by atoms with Crippen LogP contribution in [0.25, 0.3) is 0 Å². The Bertz CT molecular complexity index is 158. The van der Waals surface area contributed by atoms with Crippen LogP contribution in [0, 0.1) is 0 Å². The summed E-state index contributed by atoms with van der Waals surface area (Å²) in [5.41, 5.74) is 0. The van der Waals surface area contributed by atoms with Crippen LogP contribution in [0.5, 0.6) is 0 Å². The Balaban J connectivity index is 1.90. The van der Waals surface area contributed by atoms with Crippen LogP contribution in [0.15, 0.2) is 0 Å². The van der Waals surface area contributed by atoms with E-state index in [2.05, 4.69) is 33.2 Å². The smallest absolute Gasteiger partial charge is 0.0826 e. The molecule has 0 spiro atoms. The van der Waals surface area contributed by atoms with Gasteiger partial charge in [-0.05, 0) is 26.4 Å². The van der Waals surface area contributed by atoms with E-state index in [1.54, 1.807) is 0 Å². The van der Waals surface area contributed by atoms with Gasteiger partial charge >= 0.3 is 0 Å². The maximum Gasteiger partial charge on any atom is 0.0826 e. The number of nitrogens with zero attached hydrogens (tertiary/aromatic N) is 1. The van der Waals surface area contributed by atoms with Crippen molar-refractivity contribution in [2.45, 2.75) is 25.4 Å². The maximum absolute atomic E-state index is 5.66. The molecule has 0 saturated carbocycles. The van der Waals surface area contributed by atoms with Crippen molar-refractivity contribution >= 4 is 15.9 Å². The first kappa shape index (κ1) is 13.4. The molecule has 15 heavy (non-hydrogen) atoms. The van der Waals surface area contributed by atoms with Crippen molar-refractivity contribution in [1.29, 1.82) is 0 Å². The van der Waals surface area contributed by atoms with Gasteiger partial charge in [0, 0.05) is 25.0 Å². The van der Waals surface area contributed by atoms with E-state index in [1.165, 1.54) is 19.3 Å². The van der Waals surface area contributed by atoms with E-state index in [1.807, 2.05) is 0 Å². The molecule has 90 valence electrons. The normalized spacial score (nSPS) is 23.2. The third-order valence-electron chi connectivity index (χ3n) is 2.70. The molecule has 1 heterocycles. The fraction of sp³-hybridized carbons (Fsp3) is 1.00. The summed E-state index contributed by atoms with van der Waals surface area (Å²) in [6.07, 6.45) is 4.25. The third kappa shape index (κ3) is 6.51. The molecule has 0 bridgehead atoms. The number of hydrogen-bond donors (Lipinski definition) is 1. The summed E-state index contributed by atoms with van der Waals surface area (Å²) < 4.78 is 5.66. The fourth-order valence-corrected chi connectivity index (χ4v) is 2.17. The molecule has 1 N–H and O–H groups in total. The molecule has 4 heteroatoms. The molecule has 1 fully saturated rings. The molecular weight excluding hydrogens is 256 g/mol. The van der Waals surface area contributed by atoms with E-state index < -0.39 is 0 Å². The zero-order valence-corrected chi connectivity index (χ0v) is 11.3. The SMILES string of the molecule is CN1CCOC(CNCCCCCBr)C1. The van der Waals surface area contributed by atoms with Crippen molar-refractivity contribution in [3.63, 3.8) is 0 Å². The van der Waals surface area contributed by atoms with Gasteiger partial charge in [0.15, 0.2) is 0 Å². The van der Waals surface area contributed by atoms with Crippen molar-refractivity contribution in [1.82, 2.24) is 10.2 Å². The largest absolute Gasteiger partial charge is 0.374 e. The van der Waals surface area contributed by atoms with Crippen molar-refractivity contribution in [3.8, 4) is 0 Å². The molecule has 0 aromatic carbocycles. The van der Waals surface area contributed by atoms with Crippen LogP contribution in [0.4, 0.5) is 0 Å². The number of ether oxygens (including phenoxy) is 1. The number of morpholine rings is 1. The highest BCUT2D eigenvalue weighted by atomic mass is 79.9. The Morgan fingerprint density at radius 1 is 1.40 bits per heavy atom. The van der Waals surface area contributed by atoms with E-state index in [0.29, 0.717) is 6.10 Å². The second kappa shape index (κ2) is 8.50. The van der Waals surface area contributed by atoms with Gasteiger partial charge in [0.2, 0.25) is 0 Å². The average Bonchev–Trinajstić information content (AvgIpc) is 2.23. The summed E-state index contributed by atoms with van der Waals surface area (Å²) >= 11 is 3.44. The third-order valence-corrected chi connectivity index (χ3v) is 3.26. The second-order valence-electron chi connectivity index (χ2n) is 4.21. The zero-order valence-electron chi connectivity index (χ0n) is 9.67. The van der Waals surface area contributed by atoms with Crippen molar-refractivity contribution < 1.29 is 4.74 Å². The molecular formula is C11H23BrN2O. The first-order valence-electron chi connectivity index (χ1n) is 5.89. The van der Waals surface area contributed by atoms with Crippen LogP contribution in [0.1, 0.15) is 19.3 Å². The number of halogens is 1. The van der Waals surface area contributed by atoms with E-state index >= 15 is 0 Å². The molecule has 0 radical (unpaired) electrons. The number of unbranched alkanes of at least 4 members (excludes halogenated alkanes) is 2. The molecule has 1 aliphatic heterocycles. The van der Waals surface area contributed by atoms with Gasteiger partial charge in [0.05, 0.1) is 12.7 Å². The molecule has 0 aliphatic carbocycles. The summed E-state index contributed by atoms with van der Waals surface area (Å²) in [5, 5.41) is 4.60. The number of alkyl halides is 1. The Kier molecular flexibility index (Phi) is 7.61. The van der Waals surface area contributed by atoms with Gasteiger partial charge in [-0.15, -0.1) is 0 Å².